The molecule has 4 aliphatic rings. The average molecular weight is 397 g/mol. The standard InChI is InChI=1S/C22H24N2O3S/c1-21-9-8-14(11-17(21)20(26)23-12-15-5-4-10-28-15)22(13-21)24-19(25)16-6-2-3-7-18(16)27-22/h2-7,10,14,17H,8-9,11-13H2,1H3,(H,23,26)(H,24,25)/t14-,17-,21-,22+/m0/s1. The minimum Gasteiger partial charge on any atom is -0.467 e. The third kappa shape index (κ3) is 2.73. The van der Waals surface area contributed by atoms with E-state index in [2.05, 4.69) is 17.6 Å². The Morgan fingerprint density at radius 1 is 1.32 bits per heavy atom. The minimum absolute atomic E-state index is 0.0468. The Balaban J connectivity index is 1.37. The first-order chi connectivity index (χ1) is 13.5. The van der Waals surface area contributed by atoms with Crippen molar-refractivity contribution in [1.29, 1.82) is 0 Å². The number of ether oxygens (including phenoxy) is 1. The molecule has 3 saturated carbocycles. The zero-order valence-electron chi connectivity index (χ0n) is 15.9. The van der Waals surface area contributed by atoms with E-state index in [-0.39, 0.29) is 29.1 Å². The van der Waals surface area contributed by atoms with Crippen molar-refractivity contribution >= 4 is 23.2 Å². The van der Waals surface area contributed by atoms with Gasteiger partial charge in [-0.15, -0.1) is 11.3 Å². The molecule has 6 rings (SSSR count). The third-order valence-corrected chi connectivity index (χ3v) is 7.71. The van der Waals surface area contributed by atoms with Crippen molar-refractivity contribution in [2.75, 3.05) is 0 Å². The average Bonchev–Trinajstić information content (AvgIpc) is 3.19. The van der Waals surface area contributed by atoms with Crippen molar-refractivity contribution in [3.05, 3.63) is 52.2 Å². The molecule has 3 fully saturated rings. The van der Waals surface area contributed by atoms with Crippen molar-refractivity contribution in [2.24, 2.45) is 17.3 Å². The Morgan fingerprint density at radius 3 is 2.96 bits per heavy atom. The number of amides is 2. The highest BCUT2D eigenvalue weighted by molar-refractivity contribution is 7.09. The predicted molar refractivity (Wildman–Crippen MR) is 107 cm³/mol. The number of carbonyl (C=O) groups is 2. The van der Waals surface area contributed by atoms with E-state index in [1.54, 1.807) is 17.4 Å². The molecule has 1 spiro atoms. The third-order valence-electron chi connectivity index (χ3n) is 6.83. The van der Waals surface area contributed by atoms with Crippen molar-refractivity contribution in [3.8, 4) is 5.75 Å². The summed E-state index contributed by atoms with van der Waals surface area (Å²) in [4.78, 5) is 26.9. The number of hydrogen-bond acceptors (Lipinski definition) is 4. The summed E-state index contributed by atoms with van der Waals surface area (Å²) >= 11 is 1.66. The molecule has 2 amide bonds. The van der Waals surface area contributed by atoms with Gasteiger partial charge in [0.15, 0.2) is 5.72 Å². The Bertz CT molecular complexity index is 928. The number of fused-ring (bicyclic) bond motifs is 3. The van der Waals surface area contributed by atoms with E-state index in [0.717, 1.165) is 24.1 Å². The number of benzene rings is 1. The number of thiophene rings is 1. The zero-order valence-corrected chi connectivity index (χ0v) is 16.7. The molecule has 1 aromatic carbocycles. The van der Waals surface area contributed by atoms with Crippen LogP contribution >= 0.6 is 11.3 Å². The Labute approximate surface area is 168 Å². The normalized spacial score (nSPS) is 33.1. The number of hydrogen-bond donors (Lipinski definition) is 2. The zero-order chi connectivity index (χ0) is 19.4. The lowest BCUT2D eigenvalue weighted by Gasteiger charge is -2.59. The summed E-state index contributed by atoms with van der Waals surface area (Å²) in [7, 11) is 0. The van der Waals surface area contributed by atoms with Gasteiger partial charge in [-0.05, 0) is 48.3 Å². The second-order valence-electron chi connectivity index (χ2n) is 8.59. The first-order valence-electron chi connectivity index (χ1n) is 9.90. The molecule has 2 bridgehead atoms. The summed E-state index contributed by atoms with van der Waals surface area (Å²) in [6.07, 6.45) is 3.36. The maximum Gasteiger partial charge on any atom is 0.258 e. The summed E-state index contributed by atoms with van der Waals surface area (Å²) in [6.45, 7) is 2.76. The highest BCUT2D eigenvalue weighted by Crippen LogP contribution is 2.58. The summed E-state index contributed by atoms with van der Waals surface area (Å²) < 4.78 is 6.41. The van der Waals surface area contributed by atoms with Gasteiger partial charge in [-0.25, -0.2) is 0 Å². The van der Waals surface area contributed by atoms with Crippen LogP contribution < -0.4 is 15.4 Å². The molecule has 1 aromatic heterocycles. The fraction of sp³-hybridized carbons (Fsp3) is 0.455. The Kier molecular flexibility index (Phi) is 4.02. The molecule has 28 heavy (non-hydrogen) atoms. The van der Waals surface area contributed by atoms with Crippen LogP contribution in [0.1, 0.15) is 47.8 Å². The lowest BCUT2D eigenvalue weighted by Crippen LogP contribution is -2.69. The van der Waals surface area contributed by atoms with E-state index in [4.69, 9.17) is 4.74 Å². The fourth-order valence-electron chi connectivity index (χ4n) is 5.37. The van der Waals surface area contributed by atoms with Crippen LogP contribution in [-0.4, -0.2) is 17.5 Å². The van der Waals surface area contributed by atoms with E-state index in [1.165, 1.54) is 0 Å². The van der Waals surface area contributed by atoms with Crippen LogP contribution in [-0.2, 0) is 11.3 Å². The predicted octanol–water partition coefficient (Wildman–Crippen LogP) is 3.71. The molecule has 0 radical (unpaired) electrons. The molecule has 6 heteroatoms. The molecular weight excluding hydrogens is 372 g/mol. The molecule has 0 unspecified atom stereocenters. The van der Waals surface area contributed by atoms with Gasteiger partial charge >= 0.3 is 0 Å². The maximum atomic E-state index is 13.0. The molecule has 4 atom stereocenters. The highest BCUT2D eigenvalue weighted by atomic mass is 32.1. The van der Waals surface area contributed by atoms with Crippen LogP contribution in [0.15, 0.2) is 41.8 Å². The second kappa shape index (κ2) is 6.34. The monoisotopic (exact) mass is 396 g/mol. The molecule has 2 aromatic rings. The molecule has 1 aliphatic heterocycles. The van der Waals surface area contributed by atoms with E-state index >= 15 is 0 Å². The number of para-hydroxylation sites is 1. The van der Waals surface area contributed by atoms with Gasteiger partial charge in [0.2, 0.25) is 5.91 Å². The largest absolute Gasteiger partial charge is 0.467 e. The molecule has 2 heterocycles. The quantitative estimate of drug-likeness (QED) is 0.831. The Hall–Kier alpha value is -2.34. The molecule has 0 saturated heterocycles. The first-order valence-corrected chi connectivity index (χ1v) is 10.8. The van der Waals surface area contributed by atoms with Gasteiger partial charge < -0.3 is 15.4 Å². The highest BCUT2D eigenvalue weighted by Gasteiger charge is 2.61. The van der Waals surface area contributed by atoms with Crippen LogP contribution in [0.3, 0.4) is 0 Å². The van der Waals surface area contributed by atoms with Gasteiger partial charge in [0.1, 0.15) is 5.75 Å². The van der Waals surface area contributed by atoms with Gasteiger partial charge in [0.05, 0.1) is 12.1 Å². The summed E-state index contributed by atoms with van der Waals surface area (Å²) in [5.41, 5.74) is -0.290. The van der Waals surface area contributed by atoms with Gasteiger partial charge in [-0.2, -0.15) is 0 Å². The summed E-state index contributed by atoms with van der Waals surface area (Å²) in [6, 6.07) is 11.4. The van der Waals surface area contributed by atoms with Crippen molar-refractivity contribution < 1.29 is 14.3 Å². The van der Waals surface area contributed by atoms with E-state index in [9.17, 15) is 9.59 Å². The van der Waals surface area contributed by atoms with Crippen LogP contribution in [0.2, 0.25) is 0 Å². The topological polar surface area (TPSA) is 67.4 Å². The van der Waals surface area contributed by atoms with Crippen LogP contribution in [0.5, 0.6) is 5.75 Å². The van der Waals surface area contributed by atoms with Gasteiger partial charge in [-0.1, -0.05) is 25.1 Å². The maximum absolute atomic E-state index is 13.0. The van der Waals surface area contributed by atoms with Gasteiger partial charge in [-0.3, -0.25) is 9.59 Å². The Morgan fingerprint density at radius 2 is 2.18 bits per heavy atom. The lowest BCUT2D eigenvalue weighted by molar-refractivity contribution is -0.167. The van der Waals surface area contributed by atoms with E-state index in [0.29, 0.717) is 24.3 Å². The van der Waals surface area contributed by atoms with Crippen LogP contribution in [0, 0.1) is 17.3 Å². The van der Waals surface area contributed by atoms with E-state index in [1.807, 2.05) is 35.7 Å². The molecular formula is C22H24N2O3S. The first kappa shape index (κ1) is 17.7. The van der Waals surface area contributed by atoms with Crippen LogP contribution in [0.25, 0.3) is 0 Å². The number of rotatable bonds is 3. The summed E-state index contributed by atoms with van der Waals surface area (Å²) in [5, 5.41) is 8.32. The van der Waals surface area contributed by atoms with Gasteiger partial charge in [0.25, 0.3) is 5.91 Å². The number of nitrogens with one attached hydrogen (secondary N) is 2. The smallest absolute Gasteiger partial charge is 0.258 e. The van der Waals surface area contributed by atoms with Crippen molar-refractivity contribution in [1.82, 2.24) is 10.6 Å². The minimum atomic E-state index is -0.691. The van der Waals surface area contributed by atoms with Crippen molar-refractivity contribution in [3.63, 3.8) is 0 Å². The second-order valence-corrected chi connectivity index (χ2v) is 9.63. The molecule has 146 valence electrons. The van der Waals surface area contributed by atoms with Crippen molar-refractivity contribution in [2.45, 2.75) is 44.9 Å². The fourth-order valence-corrected chi connectivity index (χ4v) is 6.01. The van der Waals surface area contributed by atoms with Crippen LogP contribution in [0.4, 0.5) is 0 Å². The molecule has 3 aliphatic carbocycles. The van der Waals surface area contributed by atoms with E-state index < -0.39 is 5.72 Å². The van der Waals surface area contributed by atoms with Gasteiger partial charge in [0, 0.05) is 23.1 Å². The SMILES string of the molecule is C[C@@]12CC[C@@H](C[C@H]1C(=O)NCc1cccs1)[C@]1(C2)NC(=O)c2ccccc2O1. The summed E-state index contributed by atoms with van der Waals surface area (Å²) in [5.74, 6) is 0.800. The number of carbonyl (C=O) groups excluding carboxylic acids is 2. The molecule has 5 nitrogen and oxygen atoms in total. The molecule has 2 N–H and O–H groups in total. The lowest BCUT2D eigenvalue weighted by atomic mass is 9.52.